The number of fused-ring (bicyclic) bond motifs is 3. The second-order valence-electron chi connectivity index (χ2n) is 8.42. The number of benzene rings is 2. The summed E-state index contributed by atoms with van der Waals surface area (Å²) in [5.74, 6) is 0.201. The first-order valence-corrected chi connectivity index (χ1v) is 12.8. The Morgan fingerprint density at radius 2 is 1.83 bits per heavy atom. The summed E-state index contributed by atoms with van der Waals surface area (Å²) >= 11 is 0. The molecule has 10 nitrogen and oxygen atoms in total. The van der Waals surface area contributed by atoms with Gasteiger partial charge in [-0.05, 0) is 24.3 Å². The molecule has 2 aliphatic heterocycles. The van der Waals surface area contributed by atoms with Crippen LogP contribution in [0.25, 0.3) is 28.4 Å². The van der Waals surface area contributed by atoms with Gasteiger partial charge in [0.1, 0.15) is 0 Å². The number of nitrogens with zero attached hydrogens (tertiary/aromatic N) is 5. The van der Waals surface area contributed by atoms with E-state index in [0.29, 0.717) is 66.2 Å². The predicted octanol–water partition coefficient (Wildman–Crippen LogP) is 2.66. The van der Waals surface area contributed by atoms with E-state index in [1.165, 1.54) is 0 Å². The largest absolute Gasteiger partial charge is 0.421 e. The minimum Gasteiger partial charge on any atom is -0.421 e. The van der Waals surface area contributed by atoms with Crippen molar-refractivity contribution in [2.45, 2.75) is 17.6 Å². The molecule has 0 aliphatic carbocycles. The fourth-order valence-electron chi connectivity index (χ4n) is 4.52. The van der Waals surface area contributed by atoms with E-state index in [2.05, 4.69) is 10.2 Å². The van der Waals surface area contributed by atoms with Gasteiger partial charge in [-0.15, -0.1) is 10.2 Å². The maximum absolute atomic E-state index is 13.5. The molecule has 1 saturated heterocycles. The number of aromatic nitrogens is 4. The number of hydrogen-bond donors (Lipinski definition) is 0. The Balaban J connectivity index is 1.56. The Hall–Kier alpha value is -3.83. The summed E-state index contributed by atoms with van der Waals surface area (Å²) in [5.41, 5.74) is 2.97. The van der Waals surface area contributed by atoms with E-state index in [0.717, 1.165) is 0 Å². The van der Waals surface area contributed by atoms with Crippen LogP contribution in [0.5, 0.6) is 0 Å². The Labute approximate surface area is 201 Å². The van der Waals surface area contributed by atoms with E-state index in [1.807, 2.05) is 24.3 Å². The van der Waals surface area contributed by atoms with Crippen molar-refractivity contribution >= 4 is 15.7 Å². The van der Waals surface area contributed by atoms with Gasteiger partial charge in [-0.3, -0.25) is 4.79 Å². The van der Waals surface area contributed by atoms with Gasteiger partial charge in [0.05, 0.1) is 35.2 Å². The minimum atomic E-state index is -3.64. The van der Waals surface area contributed by atoms with Gasteiger partial charge in [0.25, 0.3) is 5.91 Å². The highest BCUT2D eigenvalue weighted by Gasteiger charge is 2.37. The number of amides is 1. The molecule has 4 aromatic rings. The van der Waals surface area contributed by atoms with Crippen molar-refractivity contribution < 1.29 is 22.4 Å². The summed E-state index contributed by atoms with van der Waals surface area (Å²) in [7, 11) is -3.64. The molecule has 4 heterocycles. The maximum atomic E-state index is 13.5. The summed E-state index contributed by atoms with van der Waals surface area (Å²) in [5, 5.41) is 12.7. The summed E-state index contributed by atoms with van der Waals surface area (Å²) < 4.78 is 38.9. The summed E-state index contributed by atoms with van der Waals surface area (Å²) in [6, 6.07) is 14.1. The van der Waals surface area contributed by atoms with Crippen LogP contribution in [0, 0.1) is 6.92 Å². The van der Waals surface area contributed by atoms with Gasteiger partial charge in [0.15, 0.2) is 15.5 Å². The Kier molecular flexibility index (Phi) is 5.04. The number of sulfone groups is 1. The Morgan fingerprint density at radius 3 is 2.60 bits per heavy atom. The summed E-state index contributed by atoms with van der Waals surface area (Å²) in [6.07, 6.45) is 0. The smallest absolute Gasteiger partial charge is 0.274 e. The third-order valence-electron chi connectivity index (χ3n) is 6.16. The quantitative estimate of drug-likeness (QED) is 0.429. The molecule has 6 rings (SSSR count). The lowest BCUT2D eigenvalue weighted by atomic mass is 10.0. The zero-order valence-corrected chi connectivity index (χ0v) is 19.7. The number of carbonyl (C=O) groups excluding carboxylic acids is 1. The second kappa shape index (κ2) is 8.14. The fraction of sp³-hybridized carbons (Fsp3) is 0.250. The van der Waals surface area contributed by atoms with E-state index in [4.69, 9.17) is 14.3 Å². The molecule has 1 amide bonds. The van der Waals surface area contributed by atoms with Gasteiger partial charge in [-0.1, -0.05) is 24.3 Å². The molecule has 0 N–H and O–H groups in total. The molecule has 2 aromatic carbocycles. The number of carbonyl (C=O) groups is 1. The molecule has 35 heavy (non-hydrogen) atoms. The molecule has 0 atom stereocenters. The Bertz CT molecular complexity index is 1570. The molecule has 0 bridgehead atoms. The molecule has 0 saturated carbocycles. The molecule has 2 aromatic heterocycles. The summed E-state index contributed by atoms with van der Waals surface area (Å²) in [6.45, 7) is 3.43. The number of rotatable bonds is 3. The van der Waals surface area contributed by atoms with Crippen molar-refractivity contribution in [3.63, 3.8) is 0 Å². The normalized spacial score (nSPS) is 16.5. The molecule has 0 radical (unpaired) electrons. The van der Waals surface area contributed by atoms with E-state index in [1.54, 1.807) is 40.8 Å². The number of morpholine rings is 1. The van der Waals surface area contributed by atoms with Crippen LogP contribution in [0.15, 0.2) is 57.8 Å². The number of aryl methyl sites for hydroxylation is 1. The van der Waals surface area contributed by atoms with Crippen LogP contribution in [-0.2, 0) is 20.3 Å². The van der Waals surface area contributed by atoms with E-state index >= 15 is 0 Å². The SMILES string of the molecule is Cc1nnc(-c2cccc(-n3nc(C(=O)N4CCOCC4)c4c3-c3ccccc3S(=O)(=O)C4)c2)o1. The van der Waals surface area contributed by atoms with Crippen LogP contribution in [0.3, 0.4) is 0 Å². The summed E-state index contributed by atoms with van der Waals surface area (Å²) in [4.78, 5) is 15.4. The number of hydrogen-bond acceptors (Lipinski definition) is 8. The lowest BCUT2D eigenvalue weighted by molar-refractivity contribution is 0.0298. The van der Waals surface area contributed by atoms with Crippen molar-refractivity contribution in [3.8, 4) is 28.4 Å². The van der Waals surface area contributed by atoms with E-state index < -0.39 is 9.84 Å². The van der Waals surface area contributed by atoms with Gasteiger partial charge in [0.2, 0.25) is 11.8 Å². The third kappa shape index (κ3) is 3.63. The molecule has 178 valence electrons. The molecule has 0 unspecified atom stereocenters. The van der Waals surface area contributed by atoms with Crippen molar-refractivity contribution in [2.75, 3.05) is 26.3 Å². The van der Waals surface area contributed by atoms with Crippen molar-refractivity contribution in [1.29, 1.82) is 0 Å². The third-order valence-corrected chi connectivity index (χ3v) is 7.85. The zero-order valence-electron chi connectivity index (χ0n) is 18.8. The number of ether oxygens (including phenoxy) is 1. The second-order valence-corrected chi connectivity index (χ2v) is 10.4. The van der Waals surface area contributed by atoms with E-state index in [-0.39, 0.29) is 22.2 Å². The van der Waals surface area contributed by atoms with Crippen LogP contribution in [-0.4, -0.2) is 65.5 Å². The maximum Gasteiger partial charge on any atom is 0.274 e. The van der Waals surface area contributed by atoms with Crippen molar-refractivity contribution in [2.24, 2.45) is 0 Å². The predicted molar refractivity (Wildman–Crippen MR) is 125 cm³/mol. The van der Waals surface area contributed by atoms with Gasteiger partial charge in [-0.25, -0.2) is 13.1 Å². The van der Waals surface area contributed by atoms with E-state index in [9.17, 15) is 13.2 Å². The molecular formula is C24H21N5O5S. The first kappa shape index (κ1) is 21.7. The van der Waals surface area contributed by atoms with Crippen LogP contribution >= 0.6 is 0 Å². The lowest BCUT2D eigenvalue weighted by Crippen LogP contribution is -2.41. The van der Waals surface area contributed by atoms with Gasteiger partial charge in [0, 0.05) is 36.7 Å². The van der Waals surface area contributed by atoms with Gasteiger partial charge < -0.3 is 14.1 Å². The van der Waals surface area contributed by atoms with Crippen LogP contribution in [0.4, 0.5) is 0 Å². The topological polar surface area (TPSA) is 120 Å². The fourth-order valence-corrected chi connectivity index (χ4v) is 6.12. The van der Waals surface area contributed by atoms with Crippen molar-refractivity contribution in [1.82, 2.24) is 24.9 Å². The standard InChI is InChI=1S/C24H21N5O5S/c1-15-25-26-23(34-15)16-5-4-6-17(13-16)29-22-18-7-2-3-8-20(18)35(31,32)14-19(22)21(27-29)24(30)28-9-11-33-12-10-28/h2-8,13H,9-12,14H2,1H3. The molecule has 0 spiro atoms. The molecular weight excluding hydrogens is 470 g/mol. The van der Waals surface area contributed by atoms with Crippen LogP contribution in [0.1, 0.15) is 21.9 Å². The van der Waals surface area contributed by atoms with Gasteiger partial charge in [-0.2, -0.15) is 5.10 Å². The van der Waals surface area contributed by atoms with Crippen molar-refractivity contribution in [3.05, 3.63) is 65.7 Å². The average molecular weight is 492 g/mol. The highest BCUT2D eigenvalue weighted by Crippen LogP contribution is 2.41. The first-order chi connectivity index (χ1) is 16.9. The highest BCUT2D eigenvalue weighted by atomic mass is 32.2. The highest BCUT2D eigenvalue weighted by molar-refractivity contribution is 7.90. The molecule has 2 aliphatic rings. The molecule has 11 heteroatoms. The minimum absolute atomic E-state index is 0.138. The van der Waals surface area contributed by atoms with Crippen LogP contribution in [0.2, 0.25) is 0 Å². The monoisotopic (exact) mass is 491 g/mol. The first-order valence-electron chi connectivity index (χ1n) is 11.1. The van der Waals surface area contributed by atoms with Gasteiger partial charge >= 0.3 is 0 Å². The van der Waals surface area contributed by atoms with Crippen LogP contribution < -0.4 is 0 Å². The Morgan fingerprint density at radius 1 is 1.03 bits per heavy atom. The average Bonchev–Trinajstić information content (AvgIpc) is 3.48. The lowest BCUT2D eigenvalue weighted by Gasteiger charge is -2.26. The molecule has 1 fully saturated rings. The zero-order chi connectivity index (χ0) is 24.2.